The van der Waals surface area contributed by atoms with Crippen LogP contribution in [-0.2, 0) is 6.54 Å². The second-order valence-corrected chi connectivity index (χ2v) is 5.84. The normalized spacial score (nSPS) is 10.4. The average Bonchev–Trinajstić information content (AvgIpc) is 3.01. The highest BCUT2D eigenvalue weighted by Crippen LogP contribution is 2.20. The van der Waals surface area contributed by atoms with Gasteiger partial charge in [0.05, 0.1) is 0 Å². The van der Waals surface area contributed by atoms with Gasteiger partial charge in [-0.05, 0) is 35.9 Å². The molecule has 0 aliphatic carbocycles. The Morgan fingerprint density at radius 2 is 1.79 bits per heavy atom. The number of amides is 1. The minimum Gasteiger partial charge on any atom is -0.346 e. The third-order valence-electron chi connectivity index (χ3n) is 3.19. The molecule has 3 rings (SSSR count). The molecule has 6 nitrogen and oxygen atoms in total. The molecule has 122 valence electrons. The van der Waals surface area contributed by atoms with Crippen molar-refractivity contribution >= 4 is 40.6 Å². The van der Waals surface area contributed by atoms with Crippen LogP contribution in [0.4, 0.5) is 11.5 Å². The molecule has 0 radical (unpaired) electrons. The van der Waals surface area contributed by atoms with Crippen molar-refractivity contribution in [1.29, 1.82) is 0 Å². The van der Waals surface area contributed by atoms with E-state index in [1.165, 1.54) is 0 Å². The van der Waals surface area contributed by atoms with Crippen LogP contribution in [0, 0.1) is 0 Å². The first kappa shape index (κ1) is 16.3. The monoisotopic (exact) mass is 361 g/mol. The molecule has 1 aromatic heterocycles. The fraction of sp³-hybridized carbons (Fsp3) is 0.0625. The molecular weight excluding hydrogens is 349 g/mol. The SMILES string of the molecule is O=C(NCc1cccc(Cl)c1)c1n[nH]nc1Nc1cccc(Cl)c1. The van der Waals surface area contributed by atoms with Gasteiger partial charge in [0, 0.05) is 22.3 Å². The van der Waals surface area contributed by atoms with E-state index in [4.69, 9.17) is 23.2 Å². The van der Waals surface area contributed by atoms with Crippen molar-refractivity contribution < 1.29 is 4.79 Å². The van der Waals surface area contributed by atoms with Crippen molar-refractivity contribution in [2.75, 3.05) is 5.32 Å². The van der Waals surface area contributed by atoms with Crippen LogP contribution in [0.1, 0.15) is 16.1 Å². The van der Waals surface area contributed by atoms with E-state index in [1.54, 1.807) is 30.3 Å². The van der Waals surface area contributed by atoms with Gasteiger partial charge in [-0.2, -0.15) is 5.21 Å². The van der Waals surface area contributed by atoms with Gasteiger partial charge in [0.2, 0.25) is 0 Å². The van der Waals surface area contributed by atoms with E-state index in [0.29, 0.717) is 28.1 Å². The number of rotatable bonds is 5. The third kappa shape index (κ3) is 4.04. The number of hydrogen-bond donors (Lipinski definition) is 3. The van der Waals surface area contributed by atoms with E-state index >= 15 is 0 Å². The van der Waals surface area contributed by atoms with Gasteiger partial charge in [-0.1, -0.05) is 41.4 Å². The molecule has 0 saturated carbocycles. The zero-order valence-electron chi connectivity index (χ0n) is 12.4. The number of aromatic amines is 1. The van der Waals surface area contributed by atoms with Gasteiger partial charge in [0.15, 0.2) is 11.5 Å². The molecule has 2 aromatic carbocycles. The van der Waals surface area contributed by atoms with Crippen LogP contribution >= 0.6 is 23.2 Å². The van der Waals surface area contributed by atoms with Crippen LogP contribution in [0.25, 0.3) is 0 Å². The Hall–Kier alpha value is -2.57. The lowest BCUT2D eigenvalue weighted by molar-refractivity contribution is 0.0946. The number of nitrogens with zero attached hydrogens (tertiary/aromatic N) is 2. The summed E-state index contributed by atoms with van der Waals surface area (Å²) in [6, 6.07) is 14.4. The lowest BCUT2D eigenvalue weighted by atomic mass is 10.2. The molecule has 1 heterocycles. The van der Waals surface area contributed by atoms with Crippen LogP contribution in [0.2, 0.25) is 10.0 Å². The predicted molar refractivity (Wildman–Crippen MR) is 93.7 cm³/mol. The standard InChI is InChI=1S/C16H13Cl2N5O/c17-11-4-1-3-10(7-11)9-19-16(24)14-15(22-23-21-14)20-13-6-2-5-12(18)8-13/h1-8H,9H2,(H,19,24)(H2,20,21,22,23). The molecule has 0 spiro atoms. The Labute approximate surface area is 148 Å². The van der Waals surface area contributed by atoms with Crippen LogP contribution in [0.15, 0.2) is 48.5 Å². The first-order valence-corrected chi connectivity index (χ1v) is 7.83. The highest BCUT2D eigenvalue weighted by Gasteiger charge is 2.16. The number of nitrogens with one attached hydrogen (secondary N) is 3. The predicted octanol–water partition coefficient (Wildman–Crippen LogP) is 3.79. The van der Waals surface area contributed by atoms with E-state index in [9.17, 15) is 4.79 Å². The smallest absolute Gasteiger partial charge is 0.275 e. The summed E-state index contributed by atoms with van der Waals surface area (Å²) in [5, 5.41) is 17.3. The number of hydrogen-bond acceptors (Lipinski definition) is 4. The summed E-state index contributed by atoms with van der Waals surface area (Å²) in [4.78, 5) is 12.3. The number of H-pyrrole nitrogens is 1. The zero-order valence-corrected chi connectivity index (χ0v) is 13.9. The molecular formula is C16H13Cl2N5O. The van der Waals surface area contributed by atoms with Crippen molar-refractivity contribution in [3.05, 3.63) is 69.8 Å². The second kappa shape index (κ2) is 7.33. The number of carbonyl (C=O) groups excluding carboxylic acids is 1. The molecule has 0 aliphatic heterocycles. The maximum Gasteiger partial charge on any atom is 0.275 e. The maximum atomic E-state index is 12.3. The highest BCUT2D eigenvalue weighted by molar-refractivity contribution is 6.31. The van der Waals surface area contributed by atoms with Crippen molar-refractivity contribution in [3.63, 3.8) is 0 Å². The minimum absolute atomic E-state index is 0.164. The molecule has 8 heteroatoms. The molecule has 0 bridgehead atoms. The number of aromatic nitrogens is 3. The summed E-state index contributed by atoms with van der Waals surface area (Å²) in [6.07, 6.45) is 0. The van der Waals surface area contributed by atoms with Crippen molar-refractivity contribution in [1.82, 2.24) is 20.7 Å². The number of halogens is 2. The second-order valence-electron chi connectivity index (χ2n) is 4.97. The van der Waals surface area contributed by atoms with Gasteiger partial charge in [-0.15, -0.1) is 10.2 Å². The van der Waals surface area contributed by atoms with Gasteiger partial charge in [-0.3, -0.25) is 4.79 Å². The molecule has 0 aliphatic rings. The number of anilines is 2. The molecule has 0 fully saturated rings. The number of carbonyl (C=O) groups is 1. The largest absolute Gasteiger partial charge is 0.346 e. The summed E-state index contributed by atoms with van der Waals surface area (Å²) in [5.41, 5.74) is 1.76. The van der Waals surface area contributed by atoms with Crippen molar-refractivity contribution in [2.24, 2.45) is 0 Å². The molecule has 0 saturated heterocycles. The fourth-order valence-corrected chi connectivity index (χ4v) is 2.50. The van der Waals surface area contributed by atoms with Crippen LogP contribution < -0.4 is 10.6 Å². The van der Waals surface area contributed by atoms with Crippen molar-refractivity contribution in [2.45, 2.75) is 6.54 Å². The summed E-state index contributed by atoms with van der Waals surface area (Å²) in [7, 11) is 0. The van der Waals surface area contributed by atoms with E-state index in [-0.39, 0.29) is 11.6 Å². The minimum atomic E-state index is -0.353. The van der Waals surface area contributed by atoms with Crippen LogP contribution in [-0.4, -0.2) is 21.3 Å². The molecule has 0 unspecified atom stereocenters. The van der Waals surface area contributed by atoms with Crippen LogP contribution in [0.5, 0.6) is 0 Å². The third-order valence-corrected chi connectivity index (χ3v) is 3.66. The van der Waals surface area contributed by atoms with Gasteiger partial charge in [0.1, 0.15) is 0 Å². The first-order chi connectivity index (χ1) is 11.6. The Bertz CT molecular complexity index is 865. The quantitative estimate of drug-likeness (QED) is 0.645. The zero-order chi connectivity index (χ0) is 16.9. The Balaban J connectivity index is 1.69. The number of benzene rings is 2. The molecule has 1 amide bonds. The topological polar surface area (TPSA) is 82.7 Å². The summed E-state index contributed by atoms with van der Waals surface area (Å²) < 4.78 is 0. The van der Waals surface area contributed by atoms with E-state index in [2.05, 4.69) is 26.0 Å². The highest BCUT2D eigenvalue weighted by atomic mass is 35.5. The Morgan fingerprint density at radius 3 is 2.54 bits per heavy atom. The fourth-order valence-electron chi connectivity index (χ4n) is 2.09. The molecule has 0 atom stereocenters. The summed E-state index contributed by atoms with van der Waals surface area (Å²) in [5.74, 6) is -0.0332. The lowest BCUT2D eigenvalue weighted by Crippen LogP contribution is -2.24. The van der Waals surface area contributed by atoms with Gasteiger partial charge >= 0.3 is 0 Å². The van der Waals surface area contributed by atoms with E-state index in [0.717, 1.165) is 5.56 Å². The van der Waals surface area contributed by atoms with Gasteiger partial charge < -0.3 is 10.6 Å². The maximum absolute atomic E-state index is 12.3. The average molecular weight is 362 g/mol. The van der Waals surface area contributed by atoms with Crippen molar-refractivity contribution in [3.8, 4) is 0 Å². The van der Waals surface area contributed by atoms with Gasteiger partial charge in [0.25, 0.3) is 5.91 Å². The van der Waals surface area contributed by atoms with Gasteiger partial charge in [-0.25, -0.2) is 0 Å². The Kier molecular flexibility index (Phi) is 4.98. The molecule has 24 heavy (non-hydrogen) atoms. The van der Waals surface area contributed by atoms with E-state index < -0.39 is 0 Å². The summed E-state index contributed by atoms with van der Waals surface area (Å²) >= 11 is 11.9. The van der Waals surface area contributed by atoms with Crippen LogP contribution in [0.3, 0.4) is 0 Å². The van der Waals surface area contributed by atoms with E-state index in [1.807, 2.05) is 18.2 Å². The lowest BCUT2D eigenvalue weighted by Gasteiger charge is -2.07. The summed E-state index contributed by atoms with van der Waals surface area (Å²) in [6.45, 7) is 0.336. The Morgan fingerprint density at radius 1 is 1.04 bits per heavy atom. The molecule has 3 N–H and O–H groups in total. The first-order valence-electron chi connectivity index (χ1n) is 7.08. The molecule has 3 aromatic rings.